The molecule has 0 N–H and O–H groups in total. The first-order chi connectivity index (χ1) is 9.15. The van der Waals surface area contributed by atoms with Crippen molar-refractivity contribution >= 4 is 13.9 Å². The lowest BCUT2D eigenvalue weighted by molar-refractivity contribution is -0.134. The van der Waals surface area contributed by atoms with Gasteiger partial charge >= 0.3 is 5.97 Å². The van der Waals surface area contributed by atoms with E-state index in [1.165, 1.54) is 45.6 Å². The molecule has 0 aliphatic rings. The summed E-state index contributed by atoms with van der Waals surface area (Å²) in [6.07, 6.45) is 14.5. The second kappa shape index (κ2) is 17.6. The molecule has 114 valence electrons. The minimum absolute atomic E-state index is 0.0675. The van der Waals surface area contributed by atoms with E-state index in [4.69, 9.17) is 0 Å². The van der Waals surface area contributed by atoms with E-state index in [2.05, 4.69) is 32.1 Å². The highest BCUT2D eigenvalue weighted by atomic mass is 31.1. The lowest BCUT2D eigenvalue weighted by atomic mass is 10.4. The van der Waals surface area contributed by atoms with Gasteiger partial charge in [-0.2, -0.15) is 0 Å². The van der Waals surface area contributed by atoms with Crippen molar-refractivity contribution in [1.82, 2.24) is 0 Å². The molecule has 0 saturated carbocycles. The first kappa shape index (κ1) is 20.9. The van der Waals surface area contributed by atoms with Gasteiger partial charge in [-0.15, -0.1) is 0 Å². The van der Waals surface area contributed by atoms with Crippen molar-refractivity contribution in [2.75, 3.05) is 25.6 Å². The largest absolute Gasteiger partial charge is 0.466 e. The summed E-state index contributed by atoms with van der Waals surface area (Å²) in [4.78, 5) is 9.84. The van der Waals surface area contributed by atoms with Crippen LogP contribution >= 0.6 is 7.92 Å². The van der Waals surface area contributed by atoms with Crippen LogP contribution in [0.1, 0.15) is 59.3 Å². The topological polar surface area (TPSA) is 26.3 Å². The Labute approximate surface area is 121 Å². The van der Waals surface area contributed by atoms with Crippen LogP contribution in [-0.4, -0.2) is 31.6 Å². The zero-order chi connectivity index (χ0) is 14.9. The molecule has 0 atom stereocenters. The Bertz CT molecular complexity index is 186. The lowest BCUT2D eigenvalue weighted by Gasteiger charge is -2.09. The molecular weight excluding hydrogens is 255 g/mol. The van der Waals surface area contributed by atoms with E-state index in [0.717, 1.165) is 6.08 Å². The van der Waals surface area contributed by atoms with Crippen molar-refractivity contribution in [3.63, 3.8) is 0 Å². The number of unbranched alkanes of at least 4 members (excludes halogenated alkanes) is 3. The number of hydrogen-bond acceptors (Lipinski definition) is 2. The Morgan fingerprint density at radius 3 is 1.53 bits per heavy atom. The highest BCUT2D eigenvalue weighted by Gasteiger charge is 2.12. The fraction of sp³-hybridized carbons (Fsp3) is 0.812. The number of ether oxygens (including phenoxy) is 1. The molecule has 3 heteroatoms. The Kier molecular flexibility index (Phi) is 19.4. The number of carbonyl (C=O) groups excluding carboxylic acids is 1. The van der Waals surface area contributed by atoms with Crippen LogP contribution in [-0.2, 0) is 9.53 Å². The highest BCUT2D eigenvalue weighted by Crippen LogP contribution is 2.38. The van der Waals surface area contributed by atoms with Crippen LogP contribution in [0.15, 0.2) is 12.7 Å². The van der Waals surface area contributed by atoms with Crippen LogP contribution in [0, 0.1) is 0 Å². The van der Waals surface area contributed by atoms with E-state index in [0.29, 0.717) is 0 Å². The maximum Gasteiger partial charge on any atom is 0.329 e. The van der Waals surface area contributed by atoms with Crippen LogP contribution in [0.4, 0.5) is 0 Å². The summed E-state index contributed by atoms with van der Waals surface area (Å²) in [5, 5.41) is 0. The summed E-state index contributed by atoms with van der Waals surface area (Å²) < 4.78 is 4.14. The Hall–Kier alpha value is -0.360. The van der Waals surface area contributed by atoms with Gasteiger partial charge in [0.05, 0.1) is 25.6 Å². The molecule has 0 bridgehead atoms. The van der Waals surface area contributed by atoms with E-state index in [1.807, 2.05) is 0 Å². The van der Waals surface area contributed by atoms with Gasteiger partial charge in [-0.05, 0) is 19.3 Å². The Balaban J connectivity index is 0. The maximum atomic E-state index is 9.84. The first-order valence-electron chi connectivity index (χ1n) is 7.70. The van der Waals surface area contributed by atoms with Crippen LogP contribution in [0.25, 0.3) is 0 Å². The third kappa shape index (κ3) is 17.6. The molecule has 0 aromatic rings. The van der Waals surface area contributed by atoms with Gasteiger partial charge in [0.2, 0.25) is 0 Å². The summed E-state index contributed by atoms with van der Waals surface area (Å²) in [5.41, 5.74) is 0. The minimum atomic E-state index is -0.394. The number of hydrogen-bond donors (Lipinski definition) is 0. The van der Waals surface area contributed by atoms with Gasteiger partial charge in [0.25, 0.3) is 0 Å². The molecule has 0 aliphatic heterocycles. The Morgan fingerprint density at radius 1 is 1.00 bits per heavy atom. The molecule has 0 aliphatic carbocycles. The molecule has 0 unspecified atom stereocenters. The highest BCUT2D eigenvalue weighted by molar-refractivity contribution is 7.57. The average molecular weight is 289 g/mol. The fourth-order valence-electron chi connectivity index (χ4n) is 1.74. The second-order valence-corrected chi connectivity index (χ2v) is 7.79. The van der Waals surface area contributed by atoms with E-state index in [1.54, 1.807) is 18.5 Å². The van der Waals surface area contributed by atoms with Gasteiger partial charge in [0, 0.05) is 14.0 Å². The zero-order valence-electron chi connectivity index (χ0n) is 13.5. The maximum absolute atomic E-state index is 9.84. The molecule has 0 rings (SSSR count). The van der Waals surface area contributed by atoms with Gasteiger partial charge in [-0.3, -0.25) is 0 Å². The molecule has 0 radical (unpaired) electrons. The van der Waals surface area contributed by atoms with Crippen molar-refractivity contribution in [1.29, 1.82) is 0 Å². The van der Waals surface area contributed by atoms with E-state index >= 15 is 0 Å². The van der Waals surface area contributed by atoms with Crippen LogP contribution in [0.2, 0.25) is 0 Å². The number of methoxy groups -OCH3 is 1. The van der Waals surface area contributed by atoms with Gasteiger partial charge in [-0.25, -0.2) is 4.79 Å². The minimum Gasteiger partial charge on any atom is -0.466 e. The number of esters is 1. The van der Waals surface area contributed by atoms with Crippen molar-refractivity contribution in [3.05, 3.63) is 12.7 Å². The molecule has 0 spiro atoms. The van der Waals surface area contributed by atoms with E-state index < -0.39 is 5.97 Å². The molecule has 0 saturated heterocycles. The predicted octanol–water partition coefficient (Wildman–Crippen LogP) is 4.95. The third-order valence-corrected chi connectivity index (χ3v) is 6.20. The fourth-order valence-corrected chi connectivity index (χ4v) is 5.05. The van der Waals surface area contributed by atoms with Crippen molar-refractivity contribution < 1.29 is 9.53 Å². The molecule has 0 amide bonds. The molecule has 0 fully saturated rings. The van der Waals surface area contributed by atoms with Crippen molar-refractivity contribution in [2.45, 2.75) is 59.3 Å². The molecule has 19 heavy (non-hydrogen) atoms. The van der Waals surface area contributed by atoms with Crippen molar-refractivity contribution in [2.24, 2.45) is 0 Å². The molecular formula is C16H34O2P+. The second-order valence-electron chi connectivity index (χ2n) is 4.79. The monoisotopic (exact) mass is 289 g/mol. The van der Waals surface area contributed by atoms with Crippen LogP contribution < -0.4 is 0 Å². The van der Waals surface area contributed by atoms with Gasteiger partial charge in [0.15, 0.2) is 0 Å². The van der Waals surface area contributed by atoms with Crippen LogP contribution in [0.3, 0.4) is 0 Å². The summed E-state index contributed by atoms with van der Waals surface area (Å²) in [6, 6.07) is 0. The summed E-state index contributed by atoms with van der Waals surface area (Å²) in [6.45, 7) is 10.1. The van der Waals surface area contributed by atoms with E-state index in [9.17, 15) is 4.79 Å². The smallest absolute Gasteiger partial charge is 0.329 e. The SMILES string of the molecule is C=CC(=O)OC.CCCC[PH+](CCCC)CCCC. The normalized spacial score (nSPS) is 9.74. The molecule has 0 heterocycles. The first-order valence-corrected chi connectivity index (χ1v) is 9.82. The average Bonchev–Trinajstić information content (AvgIpc) is 2.46. The summed E-state index contributed by atoms with van der Waals surface area (Å²) in [5.74, 6) is -0.394. The summed E-state index contributed by atoms with van der Waals surface area (Å²) >= 11 is 0. The number of carbonyl (C=O) groups is 1. The standard InChI is InChI=1S/C12H27P.C4H6O2/c1-4-7-10-13(11-8-5-2)12-9-6-3;1-3-4(5)6-2/h4-12H2,1-3H3;3H,1H2,2H3/p+1. The van der Waals surface area contributed by atoms with Gasteiger partial charge in [0.1, 0.15) is 0 Å². The Morgan fingerprint density at radius 2 is 1.37 bits per heavy atom. The third-order valence-electron chi connectivity index (χ3n) is 3.02. The molecule has 0 aromatic carbocycles. The van der Waals surface area contributed by atoms with E-state index in [-0.39, 0.29) is 7.92 Å². The van der Waals surface area contributed by atoms with Gasteiger partial charge < -0.3 is 4.74 Å². The van der Waals surface area contributed by atoms with Gasteiger partial charge in [-0.1, -0.05) is 46.6 Å². The molecule has 0 aromatic heterocycles. The number of rotatable bonds is 10. The van der Waals surface area contributed by atoms with Crippen LogP contribution in [0.5, 0.6) is 0 Å². The summed E-state index contributed by atoms with van der Waals surface area (Å²) in [7, 11) is 1.38. The lowest BCUT2D eigenvalue weighted by Crippen LogP contribution is -1.95. The quantitative estimate of drug-likeness (QED) is 0.323. The predicted molar refractivity (Wildman–Crippen MR) is 89.9 cm³/mol. The molecule has 2 nitrogen and oxygen atoms in total. The van der Waals surface area contributed by atoms with Crippen molar-refractivity contribution in [3.8, 4) is 0 Å². The zero-order valence-corrected chi connectivity index (χ0v) is 14.5.